The summed E-state index contributed by atoms with van der Waals surface area (Å²) >= 11 is 6.05. The molecule has 1 unspecified atom stereocenters. The Morgan fingerprint density at radius 2 is 1.89 bits per heavy atom. The predicted octanol–water partition coefficient (Wildman–Crippen LogP) is 4.38. The van der Waals surface area contributed by atoms with Crippen LogP contribution in [0.4, 0.5) is 5.69 Å². The molecular formula is C27H26ClN5O3S. The van der Waals surface area contributed by atoms with Crippen molar-refractivity contribution in [2.75, 3.05) is 38.0 Å². The van der Waals surface area contributed by atoms with Gasteiger partial charge in [0, 0.05) is 62.8 Å². The number of amides is 1. The number of rotatable bonds is 7. The van der Waals surface area contributed by atoms with E-state index >= 15 is 0 Å². The van der Waals surface area contributed by atoms with Crippen LogP contribution in [-0.4, -0.2) is 63.2 Å². The highest BCUT2D eigenvalue weighted by atomic mass is 35.5. The molecule has 0 aliphatic carbocycles. The summed E-state index contributed by atoms with van der Waals surface area (Å²) < 4.78 is 21.7. The number of para-hydroxylation sites is 1. The molecule has 1 aliphatic heterocycles. The Kier molecular flexibility index (Phi) is 7.64. The first-order valence-corrected chi connectivity index (χ1v) is 13.4. The van der Waals surface area contributed by atoms with E-state index in [0.717, 1.165) is 30.6 Å². The molecule has 1 amide bonds. The molecule has 1 atom stereocenters. The van der Waals surface area contributed by atoms with Crippen LogP contribution in [0.25, 0.3) is 10.9 Å². The number of halogens is 1. The predicted molar refractivity (Wildman–Crippen MR) is 145 cm³/mol. The van der Waals surface area contributed by atoms with E-state index in [1.807, 2.05) is 41.4 Å². The zero-order chi connectivity index (χ0) is 25.8. The van der Waals surface area contributed by atoms with Gasteiger partial charge in [0.2, 0.25) is 0 Å². The fourth-order valence-corrected chi connectivity index (χ4v) is 5.59. The Labute approximate surface area is 222 Å². The molecule has 2 aromatic heterocycles. The van der Waals surface area contributed by atoms with Gasteiger partial charge in [-0.1, -0.05) is 29.8 Å². The van der Waals surface area contributed by atoms with Gasteiger partial charge in [0.05, 0.1) is 33.8 Å². The van der Waals surface area contributed by atoms with Crippen molar-refractivity contribution < 1.29 is 13.7 Å². The largest absolute Gasteiger partial charge is 0.496 e. The molecule has 1 aliphatic rings. The number of nitrogens with zero attached hydrogens (tertiary/aromatic N) is 4. The number of pyridine rings is 2. The summed E-state index contributed by atoms with van der Waals surface area (Å²) in [5, 5.41) is 1.53. The van der Waals surface area contributed by atoms with Gasteiger partial charge in [0.1, 0.15) is 5.75 Å². The molecule has 0 saturated carbocycles. The van der Waals surface area contributed by atoms with E-state index in [0.29, 0.717) is 45.5 Å². The molecule has 2 aromatic carbocycles. The summed E-state index contributed by atoms with van der Waals surface area (Å²) in [7, 11) is -0.0188. The molecule has 8 nitrogen and oxygen atoms in total. The minimum Gasteiger partial charge on any atom is -0.496 e. The third-order valence-electron chi connectivity index (χ3n) is 6.27. The Balaban J connectivity index is 1.25. The van der Waals surface area contributed by atoms with E-state index in [9.17, 15) is 9.00 Å². The van der Waals surface area contributed by atoms with E-state index in [4.69, 9.17) is 16.3 Å². The maximum absolute atomic E-state index is 13.3. The summed E-state index contributed by atoms with van der Waals surface area (Å²) in [5.41, 5.74) is 2.78. The zero-order valence-electron chi connectivity index (χ0n) is 20.3. The van der Waals surface area contributed by atoms with Crippen molar-refractivity contribution in [1.82, 2.24) is 19.8 Å². The van der Waals surface area contributed by atoms with Crippen molar-refractivity contribution in [1.29, 1.82) is 0 Å². The Bertz CT molecular complexity index is 1450. The molecule has 37 heavy (non-hydrogen) atoms. The summed E-state index contributed by atoms with van der Waals surface area (Å²) in [5.74, 6) is 0.335. The van der Waals surface area contributed by atoms with Gasteiger partial charge in [0.15, 0.2) is 11.0 Å². The number of benzene rings is 2. The van der Waals surface area contributed by atoms with Crippen LogP contribution in [0, 0.1) is 0 Å². The number of piperazine rings is 1. The van der Waals surface area contributed by atoms with Crippen LogP contribution >= 0.6 is 11.6 Å². The van der Waals surface area contributed by atoms with Crippen LogP contribution in [-0.2, 0) is 17.5 Å². The van der Waals surface area contributed by atoms with E-state index in [1.165, 1.54) is 7.11 Å². The quantitative estimate of drug-likeness (QED) is 0.378. The lowest BCUT2D eigenvalue weighted by Gasteiger charge is -2.35. The van der Waals surface area contributed by atoms with Crippen LogP contribution < -0.4 is 9.46 Å². The molecule has 1 N–H and O–H groups in total. The molecule has 0 radical (unpaired) electrons. The van der Waals surface area contributed by atoms with Crippen LogP contribution in [0.1, 0.15) is 15.9 Å². The summed E-state index contributed by atoms with van der Waals surface area (Å²) in [6.07, 6.45) is 5.11. The summed E-state index contributed by atoms with van der Waals surface area (Å²) in [6.45, 7) is 3.45. The molecule has 0 spiro atoms. The minimum absolute atomic E-state index is 0.0909. The normalized spacial score (nSPS) is 14.9. The number of methoxy groups -OCH3 is 1. The third kappa shape index (κ3) is 5.74. The fraction of sp³-hybridized carbons (Fsp3) is 0.222. The monoisotopic (exact) mass is 535 g/mol. The molecule has 1 saturated heterocycles. The van der Waals surface area contributed by atoms with Crippen molar-refractivity contribution in [3.05, 3.63) is 89.3 Å². The van der Waals surface area contributed by atoms with E-state index in [-0.39, 0.29) is 5.91 Å². The van der Waals surface area contributed by atoms with E-state index < -0.39 is 11.0 Å². The van der Waals surface area contributed by atoms with Crippen molar-refractivity contribution in [3.63, 3.8) is 0 Å². The highest BCUT2D eigenvalue weighted by Gasteiger charge is 2.25. The van der Waals surface area contributed by atoms with Crippen LogP contribution in [0.5, 0.6) is 5.75 Å². The number of ether oxygens (including phenoxy) is 1. The number of nitrogens with one attached hydrogen (secondary N) is 1. The smallest absolute Gasteiger partial charge is 0.257 e. The summed E-state index contributed by atoms with van der Waals surface area (Å²) in [6, 6.07) is 16.4. The number of carbonyl (C=O) groups is 1. The number of anilines is 1. The second kappa shape index (κ2) is 11.2. The van der Waals surface area contributed by atoms with Gasteiger partial charge in [-0.05, 0) is 35.9 Å². The highest BCUT2D eigenvalue weighted by molar-refractivity contribution is 7.86. The Hall–Kier alpha value is -3.53. The lowest BCUT2D eigenvalue weighted by molar-refractivity contribution is 0.0625. The van der Waals surface area contributed by atoms with Gasteiger partial charge in [-0.15, -0.1) is 0 Å². The van der Waals surface area contributed by atoms with Crippen LogP contribution in [0.2, 0.25) is 5.02 Å². The molecule has 5 rings (SSSR count). The zero-order valence-corrected chi connectivity index (χ0v) is 21.8. The lowest BCUT2D eigenvalue weighted by atomic mass is 10.1. The van der Waals surface area contributed by atoms with Crippen molar-refractivity contribution >= 4 is 45.1 Å². The molecule has 10 heteroatoms. The van der Waals surface area contributed by atoms with Crippen LogP contribution in [0.15, 0.2) is 78.1 Å². The first-order valence-electron chi connectivity index (χ1n) is 11.8. The second-order valence-corrected chi connectivity index (χ2v) is 10.3. The van der Waals surface area contributed by atoms with Crippen molar-refractivity contribution in [3.8, 4) is 5.75 Å². The highest BCUT2D eigenvalue weighted by Crippen LogP contribution is 2.27. The third-order valence-corrected chi connectivity index (χ3v) is 7.62. The van der Waals surface area contributed by atoms with E-state index in [1.54, 1.807) is 36.7 Å². The average molecular weight is 536 g/mol. The maximum atomic E-state index is 13.3. The number of carbonyl (C=O) groups excluding carboxylic acids is 1. The van der Waals surface area contributed by atoms with Crippen molar-refractivity contribution in [2.45, 2.75) is 11.4 Å². The second-order valence-electron chi connectivity index (χ2n) is 8.70. The number of fused-ring (bicyclic) bond motifs is 1. The lowest BCUT2D eigenvalue weighted by Crippen LogP contribution is -2.48. The molecule has 4 aromatic rings. The molecule has 0 bridgehead atoms. The number of aromatic nitrogens is 2. The summed E-state index contributed by atoms with van der Waals surface area (Å²) in [4.78, 5) is 26.5. The Morgan fingerprint density at radius 1 is 1.08 bits per heavy atom. The van der Waals surface area contributed by atoms with Gasteiger partial charge in [-0.25, -0.2) is 4.21 Å². The van der Waals surface area contributed by atoms with Gasteiger partial charge < -0.3 is 14.4 Å². The van der Waals surface area contributed by atoms with Gasteiger partial charge in [0.25, 0.3) is 5.91 Å². The SMILES string of the molecule is COc1cc(NS(=O)c2cccc3cccnc23)ccc1C(=O)N1CCN(Cc2cncc(Cl)c2)CC1. The molecule has 1 fully saturated rings. The Morgan fingerprint density at radius 3 is 2.68 bits per heavy atom. The number of hydrogen-bond donors (Lipinski definition) is 1. The standard InChI is InChI=1S/C27H26ClN5O3S/c1-36-24-15-22(31-37(35)25-6-2-4-20-5-3-9-30-26(20)25)7-8-23(24)27(34)33-12-10-32(11-13-33)18-19-14-21(28)17-29-16-19/h2-9,14-17,31H,10-13,18H2,1H3. The maximum Gasteiger partial charge on any atom is 0.257 e. The fourth-order valence-electron chi connectivity index (χ4n) is 4.40. The topological polar surface area (TPSA) is 87.7 Å². The average Bonchev–Trinajstić information content (AvgIpc) is 2.92. The molecular weight excluding hydrogens is 510 g/mol. The van der Waals surface area contributed by atoms with Crippen LogP contribution in [0.3, 0.4) is 0 Å². The van der Waals surface area contributed by atoms with Gasteiger partial charge in [-0.3, -0.25) is 19.7 Å². The molecule has 190 valence electrons. The molecule has 3 heterocycles. The van der Waals surface area contributed by atoms with Gasteiger partial charge >= 0.3 is 0 Å². The number of hydrogen-bond acceptors (Lipinski definition) is 6. The minimum atomic E-state index is -1.55. The first-order chi connectivity index (χ1) is 18.0. The van der Waals surface area contributed by atoms with Gasteiger partial charge in [-0.2, -0.15) is 0 Å². The first kappa shape index (κ1) is 25.1. The van der Waals surface area contributed by atoms with E-state index in [2.05, 4.69) is 19.6 Å². The van der Waals surface area contributed by atoms with Crippen molar-refractivity contribution in [2.24, 2.45) is 0 Å².